The fourth-order valence-corrected chi connectivity index (χ4v) is 2.26. The summed E-state index contributed by atoms with van der Waals surface area (Å²) < 4.78 is 0. The number of rotatable bonds is 3. The molecule has 18 heavy (non-hydrogen) atoms. The van der Waals surface area contributed by atoms with Crippen LogP contribution in [0.5, 0.6) is 0 Å². The van der Waals surface area contributed by atoms with Gasteiger partial charge in [0.05, 0.1) is 0 Å². The van der Waals surface area contributed by atoms with Crippen molar-refractivity contribution in [2.75, 3.05) is 38.1 Å². The van der Waals surface area contributed by atoms with Crippen LogP contribution in [0.2, 0.25) is 0 Å². The lowest BCUT2D eigenvalue weighted by Crippen LogP contribution is -2.44. The second kappa shape index (κ2) is 8.11. The van der Waals surface area contributed by atoms with Crippen molar-refractivity contribution in [1.82, 2.24) is 10.6 Å². The minimum atomic E-state index is 0.945. The van der Waals surface area contributed by atoms with Crippen LogP contribution in [0.3, 0.4) is 0 Å². The summed E-state index contributed by atoms with van der Waals surface area (Å²) in [7, 11) is 2.00. The first-order valence-electron chi connectivity index (χ1n) is 7.01. The average molecular weight is 249 g/mol. The Labute approximate surface area is 112 Å². The van der Waals surface area contributed by atoms with Gasteiger partial charge in [0.1, 0.15) is 0 Å². The predicted molar refractivity (Wildman–Crippen MR) is 80.4 cm³/mol. The molecule has 2 rings (SSSR count). The monoisotopic (exact) mass is 249 g/mol. The number of piperazine rings is 1. The van der Waals surface area contributed by atoms with Crippen molar-refractivity contribution in [3.8, 4) is 0 Å². The third kappa shape index (κ3) is 4.00. The Hall–Kier alpha value is -1.06. The van der Waals surface area contributed by atoms with Crippen LogP contribution in [-0.4, -0.2) is 33.2 Å². The van der Waals surface area contributed by atoms with Gasteiger partial charge >= 0.3 is 0 Å². The van der Waals surface area contributed by atoms with Gasteiger partial charge in [-0.3, -0.25) is 0 Å². The summed E-state index contributed by atoms with van der Waals surface area (Å²) in [5.41, 5.74) is 4.13. The first kappa shape index (κ1) is 15.0. The Bertz CT molecular complexity index is 344. The smallest absolute Gasteiger partial charge is 0.0412 e. The lowest BCUT2D eigenvalue weighted by molar-refractivity contribution is 0.587. The molecule has 0 unspecified atom stereocenters. The molecule has 3 nitrogen and oxygen atoms in total. The molecule has 0 aliphatic carbocycles. The van der Waals surface area contributed by atoms with Crippen LogP contribution in [0.15, 0.2) is 18.2 Å². The molecule has 0 aromatic heterocycles. The van der Waals surface area contributed by atoms with Gasteiger partial charge in [0.25, 0.3) is 0 Å². The predicted octanol–water partition coefficient (Wildman–Crippen LogP) is 2.15. The van der Waals surface area contributed by atoms with Crippen molar-refractivity contribution in [1.29, 1.82) is 0 Å². The molecule has 3 heteroatoms. The fourth-order valence-electron chi connectivity index (χ4n) is 2.26. The minimum absolute atomic E-state index is 0.945. The molecule has 1 aliphatic rings. The number of hydrogen-bond acceptors (Lipinski definition) is 3. The highest BCUT2D eigenvalue weighted by molar-refractivity contribution is 5.55. The van der Waals surface area contributed by atoms with Gasteiger partial charge in [0.15, 0.2) is 0 Å². The molecular formula is C15H27N3. The number of aryl methyl sites for hydroxylation is 1. The summed E-state index contributed by atoms with van der Waals surface area (Å²) in [6, 6.07) is 6.75. The van der Waals surface area contributed by atoms with E-state index in [-0.39, 0.29) is 0 Å². The highest BCUT2D eigenvalue weighted by Crippen LogP contribution is 2.22. The van der Waals surface area contributed by atoms with Crippen LogP contribution in [0.25, 0.3) is 0 Å². The van der Waals surface area contributed by atoms with E-state index in [9.17, 15) is 0 Å². The lowest BCUT2D eigenvalue weighted by atomic mass is 10.1. The maximum Gasteiger partial charge on any atom is 0.0412 e. The summed E-state index contributed by atoms with van der Waals surface area (Å²) >= 11 is 0. The largest absolute Gasteiger partial charge is 0.369 e. The van der Waals surface area contributed by atoms with Gasteiger partial charge in [-0.15, -0.1) is 0 Å². The molecule has 1 aromatic rings. The van der Waals surface area contributed by atoms with E-state index in [1.165, 1.54) is 16.8 Å². The zero-order valence-corrected chi connectivity index (χ0v) is 12.2. The maximum absolute atomic E-state index is 3.39. The van der Waals surface area contributed by atoms with E-state index in [1.54, 1.807) is 0 Å². The molecule has 1 aliphatic heterocycles. The lowest BCUT2D eigenvalue weighted by Gasteiger charge is -2.31. The quantitative estimate of drug-likeness (QED) is 0.859. The number of anilines is 1. The van der Waals surface area contributed by atoms with Crippen molar-refractivity contribution in [3.63, 3.8) is 0 Å². The van der Waals surface area contributed by atoms with Gasteiger partial charge in [-0.05, 0) is 25.6 Å². The van der Waals surface area contributed by atoms with Gasteiger partial charge in [-0.1, -0.05) is 31.5 Å². The van der Waals surface area contributed by atoms with Gasteiger partial charge in [0.2, 0.25) is 0 Å². The van der Waals surface area contributed by atoms with E-state index in [0.717, 1.165) is 32.7 Å². The zero-order valence-electron chi connectivity index (χ0n) is 12.2. The molecule has 0 atom stereocenters. The first-order chi connectivity index (χ1) is 8.81. The molecular weight excluding hydrogens is 222 g/mol. The Morgan fingerprint density at radius 3 is 2.50 bits per heavy atom. The second-order valence-corrected chi connectivity index (χ2v) is 4.40. The van der Waals surface area contributed by atoms with E-state index in [0.29, 0.717) is 0 Å². The zero-order chi connectivity index (χ0) is 13.4. The highest BCUT2D eigenvalue weighted by Gasteiger charge is 2.13. The van der Waals surface area contributed by atoms with Crippen LogP contribution < -0.4 is 15.5 Å². The molecule has 0 bridgehead atoms. The number of nitrogens with one attached hydrogen (secondary N) is 2. The topological polar surface area (TPSA) is 27.3 Å². The fraction of sp³-hybridized carbons (Fsp3) is 0.600. The highest BCUT2D eigenvalue weighted by atomic mass is 15.2. The molecule has 102 valence electrons. The van der Waals surface area contributed by atoms with Crippen molar-refractivity contribution in [2.45, 2.75) is 27.3 Å². The van der Waals surface area contributed by atoms with Crippen LogP contribution in [0.1, 0.15) is 25.0 Å². The third-order valence-electron chi connectivity index (χ3n) is 3.06. The average Bonchev–Trinajstić information content (AvgIpc) is 2.43. The molecule has 1 saturated heterocycles. The number of nitrogens with zero attached hydrogens (tertiary/aromatic N) is 1. The minimum Gasteiger partial charge on any atom is -0.369 e. The molecule has 0 spiro atoms. The first-order valence-corrected chi connectivity index (χ1v) is 7.01. The third-order valence-corrected chi connectivity index (χ3v) is 3.06. The normalized spacial score (nSPS) is 15.0. The Kier molecular flexibility index (Phi) is 6.76. The molecule has 1 aromatic carbocycles. The van der Waals surface area contributed by atoms with Gasteiger partial charge < -0.3 is 15.5 Å². The van der Waals surface area contributed by atoms with Crippen LogP contribution in [0.4, 0.5) is 5.69 Å². The molecule has 0 radical (unpaired) electrons. The standard InChI is InChI=1S/C13H21N3.C2H6/c1-11-3-4-13(12(9-11)10-14-2)16-7-5-15-6-8-16;1-2/h3-4,9,14-15H,5-8,10H2,1-2H3;1-2H3. The van der Waals surface area contributed by atoms with Crippen LogP contribution in [-0.2, 0) is 6.54 Å². The number of benzene rings is 1. The van der Waals surface area contributed by atoms with Crippen molar-refractivity contribution in [3.05, 3.63) is 29.3 Å². The summed E-state index contributed by atoms with van der Waals surface area (Å²) in [5, 5.41) is 6.64. The maximum atomic E-state index is 3.39. The Morgan fingerprint density at radius 1 is 1.22 bits per heavy atom. The second-order valence-electron chi connectivity index (χ2n) is 4.40. The van der Waals surface area contributed by atoms with Gasteiger partial charge in [0, 0.05) is 38.4 Å². The molecule has 2 N–H and O–H groups in total. The van der Waals surface area contributed by atoms with E-state index >= 15 is 0 Å². The summed E-state index contributed by atoms with van der Waals surface area (Å²) in [4.78, 5) is 2.47. The van der Waals surface area contributed by atoms with Crippen molar-refractivity contribution < 1.29 is 0 Å². The van der Waals surface area contributed by atoms with Crippen LogP contribution in [0, 0.1) is 6.92 Å². The number of hydrogen-bond donors (Lipinski definition) is 2. The summed E-state index contributed by atoms with van der Waals surface area (Å²) in [6.07, 6.45) is 0. The Morgan fingerprint density at radius 2 is 1.89 bits per heavy atom. The van der Waals surface area contributed by atoms with E-state index in [4.69, 9.17) is 0 Å². The molecule has 1 heterocycles. The Balaban J connectivity index is 0.000000771. The molecule has 0 amide bonds. The van der Waals surface area contributed by atoms with Crippen molar-refractivity contribution in [2.24, 2.45) is 0 Å². The van der Waals surface area contributed by atoms with Crippen molar-refractivity contribution >= 4 is 5.69 Å². The van der Waals surface area contributed by atoms with E-state index in [1.807, 2.05) is 20.9 Å². The SMILES string of the molecule is CC.CNCc1cc(C)ccc1N1CCNCC1. The summed E-state index contributed by atoms with van der Waals surface area (Å²) in [5.74, 6) is 0. The van der Waals surface area contributed by atoms with Crippen LogP contribution >= 0.6 is 0 Å². The van der Waals surface area contributed by atoms with E-state index in [2.05, 4.69) is 40.7 Å². The molecule has 0 saturated carbocycles. The molecule has 1 fully saturated rings. The summed E-state index contributed by atoms with van der Waals surface area (Å²) in [6.45, 7) is 11.5. The van der Waals surface area contributed by atoms with Gasteiger partial charge in [-0.25, -0.2) is 0 Å². The van der Waals surface area contributed by atoms with Gasteiger partial charge in [-0.2, -0.15) is 0 Å². The van der Waals surface area contributed by atoms with E-state index < -0.39 is 0 Å².